The van der Waals surface area contributed by atoms with Gasteiger partial charge in [0.15, 0.2) is 0 Å². The molecule has 1 atom stereocenters. The summed E-state index contributed by atoms with van der Waals surface area (Å²) >= 11 is 13.7. The molecule has 0 bridgehead atoms. The summed E-state index contributed by atoms with van der Waals surface area (Å²) in [5.74, 6) is 4.40. The summed E-state index contributed by atoms with van der Waals surface area (Å²) in [6, 6.07) is 6.10. The van der Waals surface area contributed by atoms with Crippen LogP contribution in [0, 0.1) is 12.3 Å². The number of rotatable bonds is 7. The van der Waals surface area contributed by atoms with Crippen molar-refractivity contribution >= 4 is 35.0 Å². The Hall–Kier alpha value is -0.330. The summed E-state index contributed by atoms with van der Waals surface area (Å²) in [5, 5.41) is 4.70. The van der Waals surface area contributed by atoms with Crippen molar-refractivity contribution in [3.63, 3.8) is 0 Å². The minimum absolute atomic E-state index is 0.311. The number of halogens is 2. The molecule has 0 aromatic heterocycles. The van der Waals surface area contributed by atoms with E-state index in [2.05, 4.69) is 18.2 Å². The molecule has 0 saturated carbocycles. The van der Waals surface area contributed by atoms with Gasteiger partial charge in [0.25, 0.3) is 0 Å². The van der Waals surface area contributed by atoms with Crippen molar-refractivity contribution in [3.05, 3.63) is 33.8 Å². The maximum Gasteiger partial charge on any atom is 0.0595 e. The fourth-order valence-electron chi connectivity index (χ4n) is 1.66. The minimum atomic E-state index is 0.311. The third kappa shape index (κ3) is 5.12. The van der Waals surface area contributed by atoms with Gasteiger partial charge in [0.2, 0.25) is 0 Å². The molecule has 0 spiro atoms. The maximum atomic E-state index is 6.03. The Morgan fingerprint density at radius 3 is 2.78 bits per heavy atom. The number of nitrogens with one attached hydrogen (secondary N) is 1. The van der Waals surface area contributed by atoms with Gasteiger partial charge in [0.05, 0.1) is 15.8 Å². The lowest BCUT2D eigenvalue weighted by Gasteiger charge is -2.17. The molecule has 1 aromatic carbocycles. The molecule has 1 unspecified atom stereocenters. The fraction of sp³-hybridized carbons (Fsp3) is 0.429. The van der Waals surface area contributed by atoms with E-state index < -0.39 is 0 Å². The molecular formula is C14H17Cl2NS. The average Bonchev–Trinajstić information content (AvgIpc) is 2.37. The Kier molecular flexibility index (Phi) is 7.62. The van der Waals surface area contributed by atoms with Crippen molar-refractivity contribution < 1.29 is 0 Å². The van der Waals surface area contributed by atoms with Gasteiger partial charge in [-0.3, -0.25) is 0 Å². The highest BCUT2D eigenvalue weighted by molar-refractivity contribution is 7.99. The highest BCUT2D eigenvalue weighted by atomic mass is 35.5. The van der Waals surface area contributed by atoms with Gasteiger partial charge in [-0.25, -0.2) is 0 Å². The molecule has 4 heteroatoms. The molecule has 1 nitrogen and oxygen atoms in total. The topological polar surface area (TPSA) is 12.0 Å². The fourth-order valence-corrected chi connectivity index (χ4v) is 2.49. The van der Waals surface area contributed by atoms with Crippen molar-refractivity contribution in [3.8, 4) is 12.3 Å². The third-order valence-electron chi connectivity index (χ3n) is 2.58. The van der Waals surface area contributed by atoms with Gasteiger partial charge in [-0.1, -0.05) is 42.1 Å². The summed E-state index contributed by atoms with van der Waals surface area (Å²) in [5.41, 5.74) is 1.17. The van der Waals surface area contributed by atoms with E-state index in [0.717, 1.165) is 24.5 Å². The van der Waals surface area contributed by atoms with Crippen LogP contribution in [-0.4, -0.2) is 18.1 Å². The predicted molar refractivity (Wildman–Crippen MR) is 83.7 cm³/mol. The SMILES string of the molecule is C#CCSCCNC(CC)c1ccc(Cl)c(Cl)c1. The van der Waals surface area contributed by atoms with Gasteiger partial charge in [-0.15, -0.1) is 18.2 Å². The summed E-state index contributed by atoms with van der Waals surface area (Å²) in [7, 11) is 0. The van der Waals surface area contributed by atoms with Crippen LogP contribution in [-0.2, 0) is 0 Å². The molecule has 0 saturated heterocycles. The zero-order valence-electron chi connectivity index (χ0n) is 10.4. The molecule has 1 N–H and O–H groups in total. The maximum absolute atomic E-state index is 6.03. The van der Waals surface area contributed by atoms with Crippen molar-refractivity contribution in [2.45, 2.75) is 19.4 Å². The van der Waals surface area contributed by atoms with Crippen LogP contribution in [0.25, 0.3) is 0 Å². The largest absolute Gasteiger partial charge is 0.309 e. The second-order valence-corrected chi connectivity index (χ2v) is 5.76. The first-order chi connectivity index (χ1) is 8.69. The Morgan fingerprint density at radius 2 is 2.17 bits per heavy atom. The first-order valence-electron chi connectivity index (χ1n) is 5.88. The molecule has 0 fully saturated rings. The number of hydrogen-bond acceptors (Lipinski definition) is 2. The highest BCUT2D eigenvalue weighted by Crippen LogP contribution is 2.26. The summed E-state index contributed by atoms with van der Waals surface area (Å²) in [6.07, 6.45) is 6.21. The summed E-state index contributed by atoms with van der Waals surface area (Å²) in [6.45, 7) is 3.08. The zero-order chi connectivity index (χ0) is 13.4. The highest BCUT2D eigenvalue weighted by Gasteiger charge is 2.09. The van der Waals surface area contributed by atoms with Crippen molar-refractivity contribution in [2.24, 2.45) is 0 Å². The summed E-state index contributed by atoms with van der Waals surface area (Å²) in [4.78, 5) is 0. The van der Waals surface area contributed by atoms with Gasteiger partial charge >= 0.3 is 0 Å². The van der Waals surface area contributed by atoms with Crippen LogP contribution in [0.3, 0.4) is 0 Å². The summed E-state index contributed by atoms with van der Waals surface area (Å²) < 4.78 is 0. The van der Waals surface area contributed by atoms with Crippen LogP contribution in [0.15, 0.2) is 18.2 Å². The van der Waals surface area contributed by atoms with Crippen molar-refractivity contribution in [1.29, 1.82) is 0 Å². The lowest BCUT2D eigenvalue weighted by molar-refractivity contribution is 0.540. The lowest BCUT2D eigenvalue weighted by Crippen LogP contribution is -2.23. The predicted octanol–water partition coefficient (Wildman–Crippen LogP) is 4.40. The lowest BCUT2D eigenvalue weighted by atomic mass is 10.0. The Labute approximate surface area is 124 Å². The van der Waals surface area contributed by atoms with Crippen LogP contribution < -0.4 is 5.32 Å². The number of hydrogen-bond donors (Lipinski definition) is 1. The molecule has 0 aliphatic heterocycles. The molecule has 0 radical (unpaired) electrons. The van der Waals surface area contributed by atoms with E-state index in [0.29, 0.717) is 16.1 Å². The van der Waals surface area contributed by atoms with Gasteiger partial charge in [0.1, 0.15) is 0 Å². The molecule has 0 aliphatic rings. The van der Waals surface area contributed by atoms with E-state index in [4.69, 9.17) is 29.6 Å². The molecule has 1 rings (SSSR count). The molecule has 0 amide bonds. The second kappa shape index (κ2) is 8.72. The first kappa shape index (κ1) is 15.7. The van der Waals surface area contributed by atoms with Crippen LogP contribution >= 0.6 is 35.0 Å². The molecule has 18 heavy (non-hydrogen) atoms. The van der Waals surface area contributed by atoms with E-state index in [1.807, 2.05) is 18.2 Å². The monoisotopic (exact) mass is 301 g/mol. The quantitative estimate of drug-likeness (QED) is 0.592. The average molecular weight is 302 g/mol. The second-order valence-electron chi connectivity index (χ2n) is 3.85. The smallest absolute Gasteiger partial charge is 0.0595 e. The van der Waals surface area contributed by atoms with E-state index in [1.54, 1.807) is 11.8 Å². The van der Waals surface area contributed by atoms with Gasteiger partial charge in [-0.2, -0.15) is 0 Å². The Balaban J connectivity index is 2.50. The van der Waals surface area contributed by atoms with Gasteiger partial charge in [0, 0.05) is 18.3 Å². The third-order valence-corrected chi connectivity index (χ3v) is 4.18. The Morgan fingerprint density at radius 1 is 1.39 bits per heavy atom. The number of thioether (sulfide) groups is 1. The van der Waals surface area contributed by atoms with Gasteiger partial charge in [-0.05, 0) is 24.1 Å². The standard InChI is InChI=1S/C14H17Cl2NS/c1-3-8-18-9-7-17-14(4-2)11-5-6-12(15)13(16)10-11/h1,5-6,10,14,17H,4,7-9H2,2H3. The molecule has 0 heterocycles. The zero-order valence-corrected chi connectivity index (χ0v) is 12.7. The number of terminal acetylenes is 1. The van der Waals surface area contributed by atoms with Crippen LogP contribution in [0.5, 0.6) is 0 Å². The first-order valence-corrected chi connectivity index (χ1v) is 7.79. The minimum Gasteiger partial charge on any atom is -0.309 e. The molecule has 98 valence electrons. The molecular weight excluding hydrogens is 285 g/mol. The number of benzene rings is 1. The van der Waals surface area contributed by atoms with Crippen LogP contribution in [0.2, 0.25) is 10.0 Å². The van der Waals surface area contributed by atoms with E-state index in [-0.39, 0.29) is 0 Å². The van der Waals surface area contributed by atoms with E-state index in [9.17, 15) is 0 Å². The van der Waals surface area contributed by atoms with E-state index >= 15 is 0 Å². The van der Waals surface area contributed by atoms with Crippen LogP contribution in [0.4, 0.5) is 0 Å². The normalized spacial score (nSPS) is 12.1. The van der Waals surface area contributed by atoms with Crippen molar-refractivity contribution in [1.82, 2.24) is 5.32 Å². The van der Waals surface area contributed by atoms with Crippen LogP contribution in [0.1, 0.15) is 24.9 Å². The van der Waals surface area contributed by atoms with Gasteiger partial charge < -0.3 is 5.32 Å². The van der Waals surface area contributed by atoms with Crippen molar-refractivity contribution in [2.75, 3.05) is 18.1 Å². The molecule has 0 aliphatic carbocycles. The van der Waals surface area contributed by atoms with E-state index in [1.165, 1.54) is 5.56 Å². The molecule has 1 aromatic rings. The Bertz CT molecular complexity index is 415.